The first-order valence-corrected chi connectivity index (χ1v) is 5.22. The molecule has 16 heavy (non-hydrogen) atoms. The fourth-order valence-electron chi connectivity index (χ4n) is 1.28. The molecule has 5 heteroatoms. The van der Waals surface area contributed by atoms with Crippen LogP contribution >= 0.6 is 0 Å². The molecular weight excluding hydrogens is 206 g/mol. The van der Waals surface area contributed by atoms with Crippen molar-refractivity contribution < 1.29 is 9.53 Å². The first kappa shape index (κ1) is 15.1. The van der Waals surface area contributed by atoms with Gasteiger partial charge in [0.2, 0.25) is 0 Å². The van der Waals surface area contributed by atoms with Crippen molar-refractivity contribution in [1.82, 2.24) is 16.0 Å². The summed E-state index contributed by atoms with van der Waals surface area (Å²) in [5.74, 6) is -0.423. The fourth-order valence-corrected chi connectivity index (χ4v) is 1.28. The van der Waals surface area contributed by atoms with Crippen LogP contribution in [0.2, 0.25) is 0 Å². The summed E-state index contributed by atoms with van der Waals surface area (Å²) < 4.78 is 5.42. The minimum Gasteiger partial charge on any atom is -0.437 e. The van der Waals surface area contributed by atoms with E-state index in [0.717, 1.165) is 0 Å². The first-order valence-electron chi connectivity index (χ1n) is 5.22. The number of carbonyl (C=O) groups is 1. The van der Waals surface area contributed by atoms with Crippen LogP contribution in [0.15, 0.2) is 12.2 Å². The van der Waals surface area contributed by atoms with Gasteiger partial charge in [0.15, 0.2) is 5.72 Å². The molecule has 0 bridgehead atoms. The highest BCUT2D eigenvalue weighted by atomic mass is 16.6. The van der Waals surface area contributed by atoms with E-state index in [-0.39, 0.29) is 0 Å². The zero-order valence-corrected chi connectivity index (χ0v) is 11.0. The Labute approximate surface area is 97.6 Å². The topological polar surface area (TPSA) is 62.4 Å². The second-order valence-corrected chi connectivity index (χ2v) is 4.08. The van der Waals surface area contributed by atoms with Crippen molar-refractivity contribution in [3.8, 4) is 0 Å². The molecule has 0 aromatic carbocycles. The molecule has 94 valence electrons. The molecule has 0 aromatic heterocycles. The number of hydrogen-bond acceptors (Lipinski definition) is 5. The van der Waals surface area contributed by atoms with Crippen LogP contribution in [0, 0.1) is 0 Å². The van der Waals surface area contributed by atoms with Crippen molar-refractivity contribution >= 4 is 5.97 Å². The maximum Gasteiger partial charge on any atom is 0.334 e. The Morgan fingerprint density at radius 2 is 1.56 bits per heavy atom. The third-order valence-corrected chi connectivity index (χ3v) is 3.08. The number of carbonyl (C=O) groups excluding carboxylic acids is 1. The van der Waals surface area contributed by atoms with Crippen molar-refractivity contribution in [3.05, 3.63) is 12.2 Å². The van der Waals surface area contributed by atoms with Gasteiger partial charge in [-0.3, -0.25) is 16.0 Å². The summed E-state index contributed by atoms with van der Waals surface area (Å²) in [6.07, 6.45) is 0. The molecule has 1 unspecified atom stereocenters. The monoisotopic (exact) mass is 229 g/mol. The molecule has 1 atom stereocenters. The molecule has 0 radical (unpaired) electrons. The number of hydrogen-bond donors (Lipinski definition) is 3. The van der Waals surface area contributed by atoms with Crippen molar-refractivity contribution in [1.29, 1.82) is 0 Å². The maximum atomic E-state index is 11.6. The summed E-state index contributed by atoms with van der Waals surface area (Å²) in [5, 5.41) is 9.16. The molecule has 0 saturated carbocycles. The Morgan fingerprint density at radius 3 is 1.81 bits per heavy atom. The summed E-state index contributed by atoms with van der Waals surface area (Å²) in [5.41, 5.74) is -1.10. The molecular formula is C11H23N3O2. The Bertz CT molecular complexity index is 274. The average Bonchev–Trinajstić information content (AvgIpc) is 2.27. The fraction of sp³-hybridized carbons (Fsp3) is 0.727. The minimum atomic E-state index is -0.882. The van der Waals surface area contributed by atoms with Crippen LogP contribution in [0.3, 0.4) is 0 Å². The highest BCUT2D eigenvalue weighted by Crippen LogP contribution is 2.21. The molecule has 0 rings (SSSR count). The largest absolute Gasteiger partial charge is 0.437 e. The molecule has 0 spiro atoms. The van der Waals surface area contributed by atoms with E-state index in [9.17, 15) is 4.79 Å². The Hall–Kier alpha value is -0.910. The molecule has 0 aliphatic heterocycles. The van der Waals surface area contributed by atoms with E-state index in [0.29, 0.717) is 5.57 Å². The lowest BCUT2D eigenvalue weighted by Crippen LogP contribution is -2.72. The summed E-state index contributed by atoms with van der Waals surface area (Å²) in [4.78, 5) is 11.6. The van der Waals surface area contributed by atoms with E-state index in [1.807, 2.05) is 6.92 Å². The van der Waals surface area contributed by atoms with E-state index >= 15 is 0 Å². The summed E-state index contributed by atoms with van der Waals surface area (Å²) in [6.45, 7) is 8.87. The Balaban J connectivity index is 5.04. The summed E-state index contributed by atoms with van der Waals surface area (Å²) in [7, 11) is 5.32. The highest BCUT2D eigenvalue weighted by molar-refractivity contribution is 5.87. The summed E-state index contributed by atoms with van der Waals surface area (Å²) in [6, 6.07) is 0. The van der Waals surface area contributed by atoms with Gasteiger partial charge in [-0.1, -0.05) is 6.58 Å². The van der Waals surface area contributed by atoms with Crippen LogP contribution in [-0.2, 0) is 9.53 Å². The quantitative estimate of drug-likeness (QED) is 0.345. The number of ether oxygens (including phenoxy) is 1. The third-order valence-electron chi connectivity index (χ3n) is 3.08. The number of esters is 1. The van der Waals surface area contributed by atoms with Gasteiger partial charge in [-0.2, -0.15) is 0 Å². The van der Waals surface area contributed by atoms with Crippen LogP contribution < -0.4 is 16.0 Å². The van der Waals surface area contributed by atoms with Gasteiger partial charge in [-0.05, 0) is 41.9 Å². The van der Waals surface area contributed by atoms with Gasteiger partial charge < -0.3 is 4.74 Å². The second-order valence-electron chi connectivity index (χ2n) is 4.08. The average molecular weight is 229 g/mol. The van der Waals surface area contributed by atoms with Crippen LogP contribution in [0.4, 0.5) is 0 Å². The lowest BCUT2D eigenvalue weighted by atomic mass is 9.99. The molecule has 0 aliphatic rings. The Morgan fingerprint density at radius 1 is 1.12 bits per heavy atom. The standard InChI is InChI=1S/C11H23N3O2/c1-8(2)9(15)16-11(4,14-7)10(3,12-5)13-6/h12-14H,1H2,2-7H3. The highest BCUT2D eigenvalue weighted by Gasteiger charge is 2.45. The predicted octanol–water partition coefficient (Wildman–Crippen LogP) is 0.196. The van der Waals surface area contributed by atoms with Gasteiger partial charge in [-0.25, -0.2) is 4.79 Å². The van der Waals surface area contributed by atoms with Crippen molar-refractivity contribution in [3.63, 3.8) is 0 Å². The van der Waals surface area contributed by atoms with Crippen LogP contribution in [0.1, 0.15) is 20.8 Å². The lowest BCUT2D eigenvalue weighted by Gasteiger charge is -2.45. The predicted molar refractivity (Wildman–Crippen MR) is 64.9 cm³/mol. The first-order chi connectivity index (χ1) is 7.26. The van der Waals surface area contributed by atoms with Crippen molar-refractivity contribution in [2.75, 3.05) is 21.1 Å². The normalized spacial score (nSPS) is 15.4. The lowest BCUT2D eigenvalue weighted by molar-refractivity contribution is -0.168. The molecule has 5 nitrogen and oxygen atoms in total. The van der Waals surface area contributed by atoms with Gasteiger partial charge in [0.05, 0.1) is 0 Å². The maximum absolute atomic E-state index is 11.6. The molecule has 0 aromatic rings. The van der Waals surface area contributed by atoms with Crippen LogP contribution in [0.5, 0.6) is 0 Å². The second kappa shape index (κ2) is 5.43. The van der Waals surface area contributed by atoms with Crippen LogP contribution in [-0.4, -0.2) is 38.5 Å². The van der Waals surface area contributed by atoms with Crippen LogP contribution in [0.25, 0.3) is 0 Å². The zero-order valence-electron chi connectivity index (χ0n) is 11.0. The van der Waals surface area contributed by atoms with Crippen molar-refractivity contribution in [2.45, 2.75) is 32.2 Å². The molecule has 0 aliphatic carbocycles. The minimum absolute atomic E-state index is 0.371. The number of likely N-dealkylation sites (N-methyl/N-ethyl adjacent to an activating group) is 3. The van der Waals surface area contributed by atoms with E-state index in [1.165, 1.54) is 0 Å². The van der Waals surface area contributed by atoms with E-state index < -0.39 is 17.4 Å². The molecule has 0 amide bonds. The van der Waals surface area contributed by atoms with E-state index in [1.54, 1.807) is 35.0 Å². The molecule has 0 fully saturated rings. The van der Waals surface area contributed by atoms with Crippen molar-refractivity contribution in [2.24, 2.45) is 0 Å². The van der Waals surface area contributed by atoms with Gasteiger partial charge in [0.25, 0.3) is 0 Å². The smallest absolute Gasteiger partial charge is 0.334 e. The zero-order chi connectivity index (χ0) is 13.0. The summed E-state index contributed by atoms with van der Waals surface area (Å²) >= 11 is 0. The van der Waals surface area contributed by atoms with Gasteiger partial charge in [0.1, 0.15) is 5.66 Å². The van der Waals surface area contributed by atoms with Gasteiger partial charge in [-0.15, -0.1) is 0 Å². The SMILES string of the molecule is C=C(C)C(=O)OC(C)(NC)C(C)(NC)NC. The van der Waals surface area contributed by atoms with E-state index in [4.69, 9.17) is 4.74 Å². The molecule has 0 saturated heterocycles. The van der Waals surface area contributed by atoms with Gasteiger partial charge in [0, 0.05) is 5.57 Å². The molecule has 0 heterocycles. The third kappa shape index (κ3) is 2.81. The number of rotatable bonds is 6. The molecule has 3 N–H and O–H groups in total. The van der Waals surface area contributed by atoms with E-state index in [2.05, 4.69) is 22.5 Å². The van der Waals surface area contributed by atoms with Gasteiger partial charge >= 0.3 is 5.97 Å². The number of nitrogens with one attached hydrogen (secondary N) is 3. The Kier molecular flexibility index (Phi) is 5.12.